The fourth-order valence-corrected chi connectivity index (χ4v) is 4.95. The molecule has 0 radical (unpaired) electrons. The minimum absolute atomic E-state index is 0.0545. The highest BCUT2D eigenvalue weighted by Gasteiger charge is 2.22. The Morgan fingerprint density at radius 1 is 1.06 bits per heavy atom. The van der Waals surface area contributed by atoms with Crippen molar-refractivity contribution < 1.29 is 4.79 Å². The van der Waals surface area contributed by atoms with Gasteiger partial charge in [0.05, 0.1) is 11.7 Å². The molecule has 1 heterocycles. The first-order chi connectivity index (χ1) is 16.5. The van der Waals surface area contributed by atoms with Crippen LogP contribution in [0.2, 0.25) is 5.02 Å². The highest BCUT2D eigenvalue weighted by Crippen LogP contribution is 2.30. The maximum atomic E-state index is 12.6. The number of unbranched alkanes of at least 4 members (excludes halogenated alkanes) is 5. The second-order valence-electron chi connectivity index (χ2n) is 8.69. The van der Waals surface area contributed by atoms with E-state index in [4.69, 9.17) is 11.6 Å². The number of hydrogen-bond donors (Lipinski definition) is 1. The van der Waals surface area contributed by atoms with Crippen molar-refractivity contribution in [3.05, 3.63) is 70.5 Å². The first-order valence-corrected chi connectivity index (χ1v) is 13.5. The summed E-state index contributed by atoms with van der Waals surface area (Å²) >= 11 is 7.97. The Bertz CT molecular complexity index is 1050. The van der Waals surface area contributed by atoms with Gasteiger partial charge in [-0.05, 0) is 43.5 Å². The van der Waals surface area contributed by atoms with E-state index in [1.807, 2.05) is 54.8 Å². The fourth-order valence-electron chi connectivity index (χ4n) is 3.87. The molecule has 0 fully saturated rings. The van der Waals surface area contributed by atoms with Gasteiger partial charge in [-0.15, -0.1) is 10.2 Å². The van der Waals surface area contributed by atoms with Crippen LogP contribution in [0.3, 0.4) is 0 Å². The monoisotopic (exact) mass is 498 g/mol. The number of carbonyl (C=O) groups excluding carboxylic acids is 1. The van der Waals surface area contributed by atoms with Gasteiger partial charge in [0, 0.05) is 17.2 Å². The molecule has 34 heavy (non-hydrogen) atoms. The van der Waals surface area contributed by atoms with E-state index in [9.17, 15) is 4.79 Å². The fraction of sp³-hybridized carbons (Fsp3) is 0.444. The molecular formula is C27H35ClN4OS. The molecule has 3 aromatic rings. The average Bonchev–Trinajstić information content (AvgIpc) is 3.26. The van der Waals surface area contributed by atoms with Crippen LogP contribution in [-0.4, -0.2) is 20.7 Å². The molecule has 0 spiro atoms. The molecular weight excluding hydrogens is 464 g/mol. The molecule has 7 heteroatoms. The molecule has 0 bridgehead atoms. The third-order valence-corrected chi connectivity index (χ3v) is 7.04. The maximum absolute atomic E-state index is 12.6. The predicted octanol–water partition coefficient (Wildman–Crippen LogP) is 7.45. The van der Waals surface area contributed by atoms with Gasteiger partial charge in [0.25, 0.3) is 0 Å². The van der Waals surface area contributed by atoms with Gasteiger partial charge >= 0.3 is 0 Å². The second kappa shape index (κ2) is 13.5. The summed E-state index contributed by atoms with van der Waals surface area (Å²) in [4.78, 5) is 12.6. The van der Waals surface area contributed by atoms with Crippen molar-refractivity contribution in [2.24, 2.45) is 0 Å². The molecule has 1 N–H and O–H groups in total. The summed E-state index contributed by atoms with van der Waals surface area (Å²) < 4.78 is 2.03. The lowest BCUT2D eigenvalue weighted by Crippen LogP contribution is -2.28. The topological polar surface area (TPSA) is 59.8 Å². The molecule has 5 nitrogen and oxygen atoms in total. The zero-order valence-electron chi connectivity index (χ0n) is 20.4. The van der Waals surface area contributed by atoms with Crippen LogP contribution < -0.4 is 5.32 Å². The molecule has 182 valence electrons. The molecule has 0 aliphatic carbocycles. The number of rotatable bonds is 13. The van der Waals surface area contributed by atoms with Crippen molar-refractivity contribution in [1.29, 1.82) is 0 Å². The van der Waals surface area contributed by atoms with Gasteiger partial charge in [-0.25, -0.2) is 0 Å². The number of benzene rings is 2. The zero-order valence-corrected chi connectivity index (χ0v) is 22.0. The largest absolute Gasteiger partial charge is 0.346 e. The van der Waals surface area contributed by atoms with Crippen LogP contribution in [-0.2, 0) is 10.5 Å². The van der Waals surface area contributed by atoms with Crippen LogP contribution in [0.5, 0.6) is 0 Å². The Hall–Kier alpha value is -2.31. The van der Waals surface area contributed by atoms with Gasteiger partial charge in [-0.3, -0.25) is 9.36 Å². The van der Waals surface area contributed by atoms with Gasteiger partial charge in [0.2, 0.25) is 5.91 Å². The van der Waals surface area contributed by atoms with Crippen molar-refractivity contribution in [2.45, 2.75) is 82.7 Å². The van der Waals surface area contributed by atoms with Crippen molar-refractivity contribution in [3.63, 3.8) is 0 Å². The third-order valence-electron chi connectivity index (χ3n) is 5.80. The molecule has 1 aromatic heterocycles. The molecule has 3 rings (SSSR count). The van der Waals surface area contributed by atoms with Crippen LogP contribution in [0, 0.1) is 6.92 Å². The number of hydrogen-bond acceptors (Lipinski definition) is 4. The van der Waals surface area contributed by atoms with E-state index in [1.165, 1.54) is 31.2 Å². The van der Waals surface area contributed by atoms with Crippen molar-refractivity contribution in [2.75, 3.05) is 0 Å². The molecule has 0 saturated carbocycles. The summed E-state index contributed by atoms with van der Waals surface area (Å²) in [6.07, 6.45) is 7.50. The van der Waals surface area contributed by atoms with E-state index in [2.05, 4.69) is 34.6 Å². The minimum atomic E-state index is -0.274. The van der Waals surface area contributed by atoms with Crippen molar-refractivity contribution in [3.8, 4) is 5.69 Å². The van der Waals surface area contributed by atoms with Crippen LogP contribution >= 0.6 is 23.4 Å². The lowest BCUT2D eigenvalue weighted by molar-refractivity contribution is -0.121. The van der Waals surface area contributed by atoms with Crippen LogP contribution in [0.1, 0.15) is 81.8 Å². The Morgan fingerprint density at radius 2 is 1.79 bits per heavy atom. The highest BCUT2D eigenvalue weighted by atomic mass is 35.5. The smallest absolute Gasteiger partial charge is 0.220 e. The Kier molecular flexibility index (Phi) is 10.5. The number of nitrogens with zero attached hydrogens (tertiary/aromatic N) is 3. The van der Waals surface area contributed by atoms with Crippen molar-refractivity contribution in [1.82, 2.24) is 20.1 Å². The van der Waals surface area contributed by atoms with Crippen molar-refractivity contribution >= 4 is 29.3 Å². The maximum Gasteiger partial charge on any atom is 0.220 e. The zero-order chi connectivity index (χ0) is 24.3. The van der Waals surface area contributed by atoms with E-state index in [-0.39, 0.29) is 11.9 Å². The number of halogens is 1. The first-order valence-electron chi connectivity index (χ1n) is 12.2. The van der Waals surface area contributed by atoms with Crippen LogP contribution in [0.4, 0.5) is 0 Å². The Balaban J connectivity index is 1.75. The minimum Gasteiger partial charge on any atom is -0.346 e. The SMILES string of the molecule is CCCCCCCCC(=O)NC(C)c1nnc(SCc2ccccc2)n1-c1cc(Cl)ccc1C. The summed E-state index contributed by atoms with van der Waals surface area (Å²) in [5, 5.41) is 13.5. The van der Waals surface area contributed by atoms with Crippen LogP contribution in [0.15, 0.2) is 53.7 Å². The number of nitrogens with one attached hydrogen (secondary N) is 1. The molecule has 1 amide bonds. The first kappa shape index (κ1) is 26.3. The molecule has 1 atom stereocenters. The summed E-state index contributed by atoms with van der Waals surface area (Å²) in [6.45, 7) is 6.22. The molecule has 0 saturated heterocycles. The third kappa shape index (κ3) is 7.60. The van der Waals surface area contributed by atoms with E-state index >= 15 is 0 Å². The number of thioether (sulfide) groups is 1. The van der Waals surface area contributed by atoms with E-state index in [0.29, 0.717) is 17.3 Å². The van der Waals surface area contributed by atoms with E-state index < -0.39 is 0 Å². The molecule has 2 aromatic carbocycles. The lowest BCUT2D eigenvalue weighted by atomic mass is 10.1. The number of carbonyl (C=O) groups is 1. The Morgan fingerprint density at radius 3 is 2.56 bits per heavy atom. The van der Waals surface area contributed by atoms with Gasteiger partial charge in [0.15, 0.2) is 11.0 Å². The predicted molar refractivity (Wildman–Crippen MR) is 142 cm³/mol. The van der Waals surface area contributed by atoms with Gasteiger partial charge in [0.1, 0.15) is 0 Å². The molecule has 0 aliphatic heterocycles. The summed E-state index contributed by atoms with van der Waals surface area (Å²) in [6, 6.07) is 15.8. The average molecular weight is 499 g/mol. The van der Waals surface area contributed by atoms with Gasteiger partial charge in [-0.2, -0.15) is 0 Å². The number of aryl methyl sites for hydroxylation is 1. The molecule has 0 aliphatic rings. The van der Waals surface area contributed by atoms with Gasteiger partial charge < -0.3 is 5.32 Å². The second-order valence-corrected chi connectivity index (χ2v) is 10.1. The Labute approximate surface area is 212 Å². The quantitative estimate of drug-likeness (QED) is 0.196. The van der Waals surface area contributed by atoms with E-state index in [0.717, 1.165) is 35.0 Å². The standard InChI is InChI=1S/C27H35ClN4OS/c1-4-5-6-7-8-12-15-25(33)29-21(3)26-30-31-27(34-19-22-13-10-9-11-14-22)32(26)24-18-23(28)17-16-20(24)2/h9-11,13-14,16-18,21H,4-8,12,15,19H2,1-3H3,(H,29,33). The number of aromatic nitrogens is 3. The lowest BCUT2D eigenvalue weighted by Gasteiger charge is -2.18. The highest BCUT2D eigenvalue weighted by molar-refractivity contribution is 7.98. The molecule has 1 unspecified atom stereocenters. The summed E-state index contributed by atoms with van der Waals surface area (Å²) in [5.74, 6) is 1.54. The summed E-state index contributed by atoms with van der Waals surface area (Å²) in [7, 11) is 0. The van der Waals surface area contributed by atoms with Gasteiger partial charge in [-0.1, -0.05) is 98.8 Å². The van der Waals surface area contributed by atoms with Crippen LogP contribution in [0.25, 0.3) is 5.69 Å². The number of amides is 1. The summed E-state index contributed by atoms with van der Waals surface area (Å²) in [5.41, 5.74) is 3.21. The van der Waals surface area contributed by atoms with E-state index in [1.54, 1.807) is 11.8 Å². The normalized spacial score (nSPS) is 12.0.